The second kappa shape index (κ2) is 6.41. The zero-order valence-electron chi connectivity index (χ0n) is 6.66. The second-order valence-corrected chi connectivity index (χ2v) is 2.86. The first-order valence-corrected chi connectivity index (χ1v) is 4.12. The fourth-order valence-electron chi connectivity index (χ4n) is 0.239. The molecule has 9 heavy (non-hydrogen) atoms. The minimum atomic E-state index is -4.18. The van der Waals surface area contributed by atoms with Crippen molar-refractivity contribution in [2.45, 2.75) is 13.3 Å². The van der Waals surface area contributed by atoms with Gasteiger partial charge >= 0.3 is 60.4 Å². The largest absolute Gasteiger partial charge is 1.00 e. The second-order valence-electron chi connectivity index (χ2n) is 1.42. The molecule has 0 saturated carbocycles. The van der Waals surface area contributed by atoms with Crippen LogP contribution in [0, 0.1) is 0 Å². The van der Waals surface area contributed by atoms with E-state index in [1.807, 2.05) is 0 Å². The van der Waals surface area contributed by atoms with Gasteiger partial charge in [-0.25, -0.2) is 0 Å². The minimum Gasteiger partial charge on any atom is -1.00 e. The molecule has 0 bridgehead atoms. The van der Waals surface area contributed by atoms with Crippen LogP contribution in [-0.4, -0.2) is 30.0 Å². The number of rotatable bonds is 3. The summed E-state index contributed by atoms with van der Waals surface area (Å²) < 4.78 is 4.18. The zero-order chi connectivity index (χ0) is 6.62. The summed E-state index contributed by atoms with van der Waals surface area (Å²) in [6.07, 6.45) is 0.663. The molecule has 0 saturated heterocycles. The standard InChI is InChI=1S/C3H10O4Si.K.H/c1-2-3-7-8(4,5)6;;/h4-6H,2-3H2,1H3;;/q;+1;-1. The number of hydrogen-bond donors (Lipinski definition) is 3. The normalized spacial score (nSPS) is 10.7. The van der Waals surface area contributed by atoms with Gasteiger partial charge in [-0.15, -0.1) is 0 Å². The maximum absolute atomic E-state index is 8.18. The van der Waals surface area contributed by atoms with E-state index in [0.29, 0.717) is 6.42 Å². The Morgan fingerprint density at radius 3 is 2.00 bits per heavy atom. The quantitative estimate of drug-likeness (QED) is 0.385. The summed E-state index contributed by atoms with van der Waals surface area (Å²) in [5, 5.41) is 0. The van der Waals surface area contributed by atoms with E-state index in [2.05, 4.69) is 4.43 Å². The van der Waals surface area contributed by atoms with Crippen LogP contribution in [0.3, 0.4) is 0 Å². The van der Waals surface area contributed by atoms with E-state index < -0.39 is 9.05 Å². The van der Waals surface area contributed by atoms with E-state index >= 15 is 0 Å². The first kappa shape index (κ1) is 13.3. The maximum atomic E-state index is 8.18. The molecule has 0 aromatic rings. The summed E-state index contributed by atoms with van der Waals surface area (Å²) >= 11 is 0. The Morgan fingerprint density at radius 2 is 1.89 bits per heavy atom. The van der Waals surface area contributed by atoms with Crippen LogP contribution in [0.15, 0.2) is 0 Å². The first-order chi connectivity index (χ1) is 3.56. The molecule has 0 heterocycles. The fourth-order valence-corrected chi connectivity index (χ4v) is 0.717. The molecule has 0 aliphatic rings. The van der Waals surface area contributed by atoms with Gasteiger partial charge < -0.3 is 20.2 Å². The van der Waals surface area contributed by atoms with Crippen LogP contribution >= 0.6 is 0 Å². The summed E-state index contributed by atoms with van der Waals surface area (Å²) in [5.41, 5.74) is 0. The predicted octanol–water partition coefficient (Wildman–Crippen LogP) is -4.06. The molecule has 0 aromatic heterocycles. The summed E-state index contributed by atoms with van der Waals surface area (Å²) in [4.78, 5) is 24.5. The third-order valence-electron chi connectivity index (χ3n) is 0.500. The van der Waals surface area contributed by atoms with E-state index in [1.54, 1.807) is 6.92 Å². The third-order valence-corrected chi connectivity index (χ3v) is 1.09. The van der Waals surface area contributed by atoms with Crippen molar-refractivity contribution in [1.82, 2.24) is 0 Å². The van der Waals surface area contributed by atoms with Crippen molar-refractivity contribution in [3.05, 3.63) is 0 Å². The molecule has 0 aromatic carbocycles. The summed E-state index contributed by atoms with van der Waals surface area (Å²) in [7, 11) is -4.18. The molecule has 0 rings (SSSR count). The van der Waals surface area contributed by atoms with Crippen LogP contribution in [0.2, 0.25) is 0 Å². The Bertz CT molecular complexity index is 68.0. The molecule has 4 nitrogen and oxygen atoms in total. The molecule has 0 amide bonds. The van der Waals surface area contributed by atoms with Crippen molar-refractivity contribution in [2.24, 2.45) is 0 Å². The van der Waals surface area contributed by atoms with Crippen LogP contribution in [0.25, 0.3) is 0 Å². The summed E-state index contributed by atoms with van der Waals surface area (Å²) in [6.45, 7) is 2.00. The maximum Gasteiger partial charge on any atom is 1.00 e. The van der Waals surface area contributed by atoms with Gasteiger partial charge in [-0.3, -0.25) is 0 Å². The van der Waals surface area contributed by atoms with Gasteiger partial charge in [-0.1, -0.05) is 6.92 Å². The van der Waals surface area contributed by atoms with E-state index in [-0.39, 0.29) is 59.4 Å². The van der Waals surface area contributed by atoms with Crippen LogP contribution in [0.5, 0.6) is 0 Å². The summed E-state index contributed by atoms with van der Waals surface area (Å²) in [6, 6.07) is 0. The Kier molecular flexibility index (Phi) is 9.46. The molecular formula is C3H11KO4Si. The van der Waals surface area contributed by atoms with Gasteiger partial charge in [0, 0.05) is 6.61 Å². The van der Waals surface area contributed by atoms with Crippen LogP contribution in [0.4, 0.5) is 0 Å². The van der Waals surface area contributed by atoms with Crippen molar-refractivity contribution in [3.8, 4) is 0 Å². The molecule has 0 aliphatic carbocycles. The molecule has 0 aliphatic heterocycles. The SMILES string of the molecule is CCCO[Si](O)(O)O.[H-].[K+]. The molecule has 0 radical (unpaired) electrons. The van der Waals surface area contributed by atoms with E-state index in [0.717, 1.165) is 0 Å². The van der Waals surface area contributed by atoms with Crippen LogP contribution in [0.1, 0.15) is 14.8 Å². The van der Waals surface area contributed by atoms with Crippen molar-refractivity contribution >= 4 is 9.05 Å². The van der Waals surface area contributed by atoms with Crippen molar-refractivity contribution in [2.75, 3.05) is 6.61 Å². The first-order valence-electron chi connectivity index (χ1n) is 2.37. The van der Waals surface area contributed by atoms with Crippen LogP contribution in [-0.2, 0) is 4.43 Å². The van der Waals surface area contributed by atoms with Gasteiger partial charge in [0.1, 0.15) is 0 Å². The number of hydrogen-bond acceptors (Lipinski definition) is 4. The van der Waals surface area contributed by atoms with Crippen LogP contribution < -0.4 is 51.4 Å². The minimum absolute atomic E-state index is 0. The van der Waals surface area contributed by atoms with Gasteiger partial charge in [-0.2, -0.15) is 0 Å². The molecule has 52 valence electrons. The Labute approximate surface area is 99.2 Å². The molecule has 0 unspecified atom stereocenters. The van der Waals surface area contributed by atoms with Gasteiger partial charge in [-0.05, 0) is 6.42 Å². The van der Waals surface area contributed by atoms with Gasteiger partial charge in [0.15, 0.2) is 0 Å². The molecule has 3 N–H and O–H groups in total. The van der Waals surface area contributed by atoms with E-state index in [1.165, 1.54) is 0 Å². The monoisotopic (exact) mass is 178 g/mol. The fraction of sp³-hybridized carbons (Fsp3) is 1.00. The van der Waals surface area contributed by atoms with Crippen molar-refractivity contribution < 1.29 is 71.6 Å². The zero-order valence-corrected chi connectivity index (χ0v) is 9.79. The Balaban J connectivity index is -0.000000245. The molecule has 0 atom stereocenters. The average Bonchev–Trinajstić information content (AvgIpc) is 1.59. The van der Waals surface area contributed by atoms with E-state index in [4.69, 9.17) is 14.4 Å². The smallest absolute Gasteiger partial charge is 1.00 e. The molecular weight excluding hydrogens is 167 g/mol. The molecule has 6 heteroatoms. The topological polar surface area (TPSA) is 69.9 Å². The molecule has 0 fully saturated rings. The Morgan fingerprint density at radius 1 is 1.44 bits per heavy atom. The summed E-state index contributed by atoms with van der Waals surface area (Å²) in [5.74, 6) is 0. The third kappa shape index (κ3) is 12.8. The molecule has 0 spiro atoms. The van der Waals surface area contributed by atoms with Crippen molar-refractivity contribution in [1.29, 1.82) is 0 Å². The predicted molar refractivity (Wildman–Crippen MR) is 29.8 cm³/mol. The van der Waals surface area contributed by atoms with Gasteiger partial charge in [0.2, 0.25) is 0 Å². The van der Waals surface area contributed by atoms with Gasteiger partial charge in [0.05, 0.1) is 0 Å². The van der Waals surface area contributed by atoms with E-state index in [9.17, 15) is 0 Å². The van der Waals surface area contributed by atoms with Crippen molar-refractivity contribution in [3.63, 3.8) is 0 Å². The Hall–Kier alpha value is 1.69. The average molecular weight is 178 g/mol. The van der Waals surface area contributed by atoms with Gasteiger partial charge in [0.25, 0.3) is 0 Å².